The van der Waals surface area contributed by atoms with E-state index in [0.29, 0.717) is 29.1 Å². The molecule has 1 fully saturated rings. The molecule has 1 aromatic carbocycles. The predicted octanol–water partition coefficient (Wildman–Crippen LogP) is 2.82. The second-order valence-electron chi connectivity index (χ2n) is 5.82. The summed E-state index contributed by atoms with van der Waals surface area (Å²) in [6.07, 6.45) is 4.07. The van der Waals surface area contributed by atoms with Crippen LogP contribution in [0.4, 0.5) is 0 Å². The van der Waals surface area contributed by atoms with Gasteiger partial charge in [0.25, 0.3) is 5.91 Å². The second kappa shape index (κ2) is 9.08. The molecule has 2 N–H and O–H groups in total. The van der Waals surface area contributed by atoms with Gasteiger partial charge in [-0.15, -0.1) is 12.4 Å². The highest BCUT2D eigenvalue weighted by Crippen LogP contribution is 2.22. The lowest BCUT2D eigenvalue weighted by molar-refractivity contribution is 0.0944. The van der Waals surface area contributed by atoms with Crippen molar-refractivity contribution in [2.45, 2.75) is 25.4 Å². The fourth-order valence-corrected chi connectivity index (χ4v) is 3.07. The summed E-state index contributed by atoms with van der Waals surface area (Å²) in [6, 6.07) is 7.39. The molecule has 0 aliphatic carbocycles. The molecule has 136 valence electrons. The van der Waals surface area contributed by atoms with Crippen LogP contribution in [0.1, 0.15) is 34.9 Å². The van der Waals surface area contributed by atoms with E-state index in [1.54, 1.807) is 31.4 Å². The number of nitrogens with zero attached hydrogens (tertiary/aromatic N) is 2. The van der Waals surface area contributed by atoms with Gasteiger partial charge in [0.05, 0.1) is 13.2 Å². The van der Waals surface area contributed by atoms with Gasteiger partial charge in [-0.05, 0) is 43.7 Å². The molecular weight excluding hydrogens is 363 g/mol. The Labute approximate surface area is 158 Å². The molecule has 6 nitrogen and oxygen atoms in total. The van der Waals surface area contributed by atoms with Gasteiger partial charge in [0.2, 0.25) is 0 Å². The van der Waals surface area contributed by atoms with E-state index < -0.39 is 0 Å². The Hall–Kier alpha value is -1.76. The van der Waals surface area contributed by atoms with E-state index >= 15 is 0 Å². The zero-order valence-electron chi connectivity index (χ0n) is 14.0. The molecular formula is C17H22Cl2N4O2. The van der Waals surface area contributed by atoms with E-state index in [2.05, 4.69) is 15.7 Å². The lowest BCUT2D eigenvalue weighted by Gasteiger charge is -2.22. The Kier molecular flexibility index (Phi) is 7.11. The number of ether oxygens (including phenoxy) is 1. The first kappa shape index (κ1) is 19.6. The predicted molar refractivity (Wildman–Crippen MR) is 99.8 cm³/mol. The first-order valence-corrected chi connectivity index (χ1v) is 8.41. The van der Waals surface area contributed by atoms with Crippen molar-refractivity contribution in [1.29, 1.82) is 0 Å². The lowest BCUT2D eigenvalue weighted by Crippen LogP contribution is -2.32. The summed E-state index contributed by atoms with van der Waals surface area (Å²) in [6.45, 7) is 2.27. The molecule has 0 bridgehead atoms. The number of amides is 1. The molecule has 0 spiro atoms. The van der Waals surface area contributed by atoms with Gasteiger partial charge in [0, 0.05) is 29.9 Å². The van der Waals surface area contributed by atoms with Gasteiger partial charge in [0.15, 0.2) is 0 Å². The van der Waals surface area contributed by atoms with Crippen molar-refractivity contribution in [3.63, 3.8) is 0 Å². The minimum Gasteiger partial charge on any atom is -0.496 e. The van der Waals surface area contributed by atoms with Crippen LogP contribution in [0.25, 0.3) is 0 Å². The Morgan fingerprint density at radius 3 is 3.04 bits per heavy atom. The number of nitrogens with one attached hydrogen (secondary N) is 2. The topological polar surface area (TPSA) is 68.2 Å². The number of rotatable bonds is 5. The van der Waals surface area contributed by atoms with Crippen molar-refractivity contribution in [3.05, 3.63) is 46.7 Å². The molecule has 1 saturated heterocycles. The summed E-state index contributed by atoms with van der Waals surface area (Å²) in [4.78, 5) is 12.3. The van der Waals surface area contributed by atoms with Crippen molar-refractivity contribution in [3.8, 4) is 5.75 Å². The molecule has 3 rings (SSSR count). The van der Waals surface area contributed by atoms with Gasteiger partial charge >= 0.3 is 0 Å². The normalized spacial score (nSPS) is 16.8. The molecule has 2 heterocycles. The molecule has 1 amide bonds. The van der Waals surface area contributed by atoms with Crippen molar-refractivity contribution in [2.24, 2.45) is 0 Å². The average Bonchev–Trinajstić information content (AvgIpc) is 3.11. The number of methoxy groups -OCH3 is 1. The summed E-state index contributed by atoms with van der Waals surface area (Å²) < 4.78 is 7.16. The van der Waals surface area contributed by atoms with Crippen LogP contribution in [0.2, 0.25) is 5.02 Å². The number of carbonyl (C=O) groups is 1. The minimum atomic E-state index is -0.209. The SMILES string of the molecule is COc1ccc(Cl)cc1CNC(=O)c1ccn(C2CCCNC2)n1.Cl. The highest BCUT2D eigenvalue weighted by Gasteiger charge is 2.17. The first-order chi connectivity index (χ1) is 11.7. The number of carbonyl (C=O) groups excluding carboxylic acids is 1. The number of hydrogen-bond acceptors (Lipinski definition) is 4. The fraction of sp³-hybridized carbons (Fsp3) is 0.412. The molecule has 1 aliphatic rings. The summed E-state index contributed by atoms with van der Waals surface area (Å²) in [7, 11) is 1.59. The third-order valence-electron chi connectivity index (χ3n) is 4.17. The van der Waals surface area contributed by atoms with Crippen LogP contribution in [0.15, 0.2) is 30.5 Å². The smallest absolute Gasteiger partial charge is 0.272 e. The molecule has 25 heavy (non-hydrogen) atoms. The number of aromatic nitrogens is 2. The quantitative estimate of drug-likeness (QED) is 0.831. The Morgan fingerprint density at radius 1 is 1.48 bits per heavy atom. The van der Waals surface area contributed by atoms with E-state index in [0.717, 1.165) is 31.5 Å². The van der Waals surface area contributed by atoms with Gasteiger partial charge in [-0.1, -0.05) is 11.6 Å². The zero-order valence-corrected chi connectivity index (χ0v) is 15.6. The van der Waals surface area contributed by atoms with Crippen LogP contribution in [0.5, 0.6) is 5.75 Å². The van der Waals surface area contributed by atoms with Crippen molar-refractivity contribution >= 4 is 29.9 Å². The Bertz CT molecular complexity index is 714. The minimum absolute atomic E-state index is 0. The number of piperidine rings is 1. The standard InChI is InChI=1S/C17H21ClN4O2.ClH/c1-24-16-5-4-13(18)9-12(16)10-20-17(23)15-6-8-22(21-15)14-3-2-7-19-11-14;/h4-6,8-9,14,19H,2-3,7,10-11H2,1H3,(H,20,23);1H. The van der Waals surface area contributed by atoms with Gasteiger partial charge in [0.1, 0.15) is 11.4 Å². The third kappa shape index (κ3) is 4.87. The maximum atomic E-state index is 12.3. The molecule has 8 heteroatoms. The molecule has 0 saturated carbocycles. The van der Waals surface area contributed by atoms with Gasteiger partial charge in [-0.3, -0.25) is 9.48 Å². The molecule has 1 aromatic heterocycles. The first-order valence-electron chi connectivity index (χ1n) is 8.04. The van der Waals surface area contributed by atoms with Crippen LogP contribution in [-0.4, -0.2) is 35.9 Å². The summed E-state index contributed by atoms with van der Waals surface area (Å²) in [5, 5.41) is 11.2. The second-order valence-corrected chi connectivity index (χ2v) is 6.26. The molecule has 2 aromatic rings. The monoisotopic (exact) mass is 384 g/mol. The zero-order chi connectivity index (χ0) is 16.9. The van der Waals surface area contributed by atoms with Crippen molar-refractivity contribution in [2.75, 3.05) is 20.2 Å². The van der Waals surface area contributed by atoms with Crippen LogP contribution in [0.3, 0.4) is 0 Å². The van der Waals surface area contributed by atoms with E-state index in [4.69, 9.17) is 16.3 Å². The highest BCUT2D eigenvalue weighted by molar-refractivity contribution is 6.30. The number of hydrogen-bond donors (Lipinski definition) is 2. The van der Waals surface area contributed by atoms with Crippen LogP contribution in [-0.2, 0) is 6.54 Å². The number of halogens is 2. The van der Waals surface area contributed by atoms with Crippen LogP contribution >= 0.6 is 24.0 Å². The summed E-state index contributed by atoms with van der Waals surface area (Å²) in [5.74, 6) is 0.484. The maximum Gasteiger partial charge on any atom is 0.272 e. The lowest BCUT2D eigenvalue weighted by atomic mass is 10.1. The van der Waals surface area contributed by atoms with E-state index in [1.807, 2.05) is 10.9 Å². The average molecular weight is 385 g/mol. The van der Waals surface area contributed by atoms with Crippen LogP contribution in [0, 0.1) is 0 Å². The molecule has 1 unspecified atom stereocenters. The Morgan fingerprint density at radius 2 is 2.32 bits per heavy atom. The third-order valence-corrected chi connectivity index (χ3v) is 4.40. The van der Waals surface area contributed by atoms with Gasteiger partial charge < -0.3 is 15.4 Å². The molecule has 1 atom stereocenters. The summed E-state index contributed by atoms with van der Waals surface area (Å²) >= 11 is 6.01. The van der Waals surface area contributed by atoms with E-state index in [-0.39, 0.29) is 18.3 Å². The molecule has 0 radical (unpaired) electrons. The van der Waals surface area contributed by atoms with Crippen molar-refractivity contribution in [1.82, 2.24) is 20.4 Å². The van der Waals surface area contributed by atoms with Gasteiger partial charge in [-0.2, -0.15) is 5.10 Å². The fourth-order valence-electron chi connectivity index (χ4n) is 2.87. The van der Waals surface area contributed by atoms with Gasteiger partial charge in [-0.25, -0.2) is 0 Å². The maximum absolute atomic E-state index is 12.3. The molecule has 1 aliphatic heterocycles. The summed E-state index contributed by atoms with van der Waals surface area (Å²) in [5.41, 5.74) is 1.25. The van der Waals surface area contributed by atoms with Crippen molar-refractivity contribution < 1.29 is 9.53 Å². The number of benzene rings is 1. The Balaban J connectivity index is 0.00000225. The van der Waals surface area contributed by atoms with E-state index in [1.165, 1.54) is 0 Å². The van der Waals surface area contributed by atoms with Crippen LogP contribution < -0.4 is 15.4 Å². The van der Waals surface area contributed by atoms with E-state index in [9.17, 15) is 4.79 Å². The largest absolute Gasteiger partial charge is 0.496 e. The highest BCUT2D eigenvalue weighted by atomic mass is 35.5.